The highest BCUT2D eigenvalue weighted by atomic mass is 35.5. The van der Waals surface area contributed by atoms with Crippen LogP contribution in [0.25, 0.3) is 0 Å². The first-order valence-electron chi connectivity index (χ1n) is 8.51. The maximum Gasteiger partial charge on any atom is 0.331 e. The van der Waals surface area contributed by atoms with Gasteiger partial charge in [-0.1, -0.05) is 0 Å². The predicted molar refractivity (Wildman–Crippen MR) is 99.2 cm³/mol. The van der Waals surface area contributed by atoms with Gasteiger partial charge in [0.25, 0.3) is 0 Å². The number of esters is 1. The van der Waals surface area contributed by atoms with Crippen molar-refractivity contribution in [2.45, 2.75) is 32.2 Å². The van der Waals surface area contributed by atoms with Crippen molar-refractivity contribution in [1.29, 1.82) is 0 Å². The third-order valence-electron chi connectivity index (χ3n) is 3.46. The van der Waals surface area contributed by atoms with Crippen molar-refractivity contribution in [3.63, 3.8) is 0 Å². The molecule has 0 atom stereocenters. The molecule has 0 radical (unpaired) electrons. The van der Waals surface area contributed by atoms with Gasteiger partial charge in [0, 0.05) is 31.9 Å². The number of halogens is 2. The van der Waals surface area contributed by atoms with E-state index in [2.05, 4.69) is 4.74 Å². The number of hydrogen-bond donors (Lipinski definition) is 1. The molecule has 0 amide bonds. The monoisotopic (exact) mass is 393 g/mol. The Balaban J connectivity index is 0.00000625. The molecule has 0 bridgehead atoms. The number of nitrogens with two attached hydrogens (primary N) is 1. The predicted octanol–water partition coefficient (Wildman–Crippen LogP) is 2.85. The van der Waals surface area contributed by atoms with Crippen LogP contribution in [0.2, 0.25) is 0 Å². The molecule has 1 rings (SSSR count). The first-order valence-corrected chi connectivity index (χ1v) is 8.51. The summed E-state index contributed by atoms with van der Waals surface area (Å²) in [7, 11) is 1.33. The summed E-state index contributed by atoms with van der Waals surface area (Å²) in [6.07, 6.45) is 3.59. The number of unbranched alkanes of at least 4 members (excludes halogenated alkanes) is 2. The highest BCUT2D eigenvalue weighted by molar-refractivity contribution is 5.85. The molecule has 2 N–H and O–H groups in total. The lowest BCUT2D eigenvalue weighted by atomic mass is 10.2. The smallest absolute Gasteiger partial charge is 0.331 e. The van der Waals surface area contributed by atoms with Crippen LogP contribution < -0.4 is 10.5 Å². The van der Waals surface area contributed by atoms with Gasteiger partial charge in [0.05, 0.1) is 13.7 Å². The molecule has 0 unspecified atom stereocenters. The van der Waals surface area contributed by atoms with Crippen LogP contribution in [-0.2, 0) is 25.5 Å². The van der Waals surface area contributed by atoms with E-state index in [0.717, 1.165) is 25.7 Å². The highest BCUT2D eigenvalue weighted by Gasteiger charge is 2.02. The molecule has 150 valence electrons. The number of ether oxygens (including phenoxy) is 4. The third-order valence-corrected chi connectivity index (χ3v) is 3.46. The SMILES string of the molecule is COC(=O)COCCCOCCCCCOc1ccc(F)c(CN)c1.Cl. The molecule has 0 fully saturated rings. The summed E-state index contributed by atoms with van der Waals surface area (Å²) in [4.78, 5) is 10.8. The van der Waals surface area contributed by atoms with Gasteiger partial charge in [-0.15, -0.1) is 12.4 Å². The van der Waals surface area contributed by atoms with Gasteiger partial charge >= 0.3 is 5.97 Å². The zero-order valence-electron chi connectivity index (χ0n) is 15.2. The summed E-state index contributed by atoms with van der Waals surface area (Å²) < 4.78 is 33.9. The number of carbonyl (C=O) groups excluding carboxylic acids is 1. The minimum atomic E-state index is -0.372. The van der Waals surface area contributed by atoms with E-state index in [9.17, 15) is 9.18 Å². The molecule has 0 saturated carbocycles. The van der Waals surface area contributed by atoms with Crippen molar-refractivity contribution in [2.75, 3.05) is 40.1 Å². The molecule has 8 heteroatoms. The third kappa shape index (κ3) is 11.3. The Hall–Kier alpha value is -1.41. The second-order valence-electron chi connectivity index (χ2n) is 5.46. The second-order valence-corrected chi connectivity index (χ2v) is 5.46. The van der Waals surface area contributed by atoms with Gasteiger partial charge < -0.3 is 24.7 Å². The lowest BCUT2D eigenvalue weighted by Crippen LogP contribution is -2.11. The molecule has 0 saturated heterocycles. The zero-order chi connectivity index (χ0) is 18.3. The standard InChI is InChI=1S/C18H28FNO5.ClH/c1-22-18(21)14-24-10-5-9-23-8-3-2-4-11-25-16-6-7-17(19)15(12-16)13-20;/h6-7,12H,2-5,8-11,13-14,20H2,1H3;1H. The lowest BCUT2D eigenvalue weighted by molar-refractivity contribution is -0.146. The van der Waals surface area contributed by atoms with E-state index in [1.165, 1.54) is 13.2 Å². The van der Waals surface area contributed by atoms with Crippen LogP contribution in [0, 0.1) is 5.82 Å². The summed E-state index contributed by atoms with van der Waals surface area (Å²) in [6, 6.07) is 4.63. The summed E-state index contributed by atoms with van der Waals surface area (Å²) in [5.41, 5.74) is 5.92. The maximum atomic E-state index is 13.3. The molecule has 1 aromatic carbocycles. The largest absolute Gasteiger partial charge is 0.494 e. The number of methoxy groups -OCH3 is 1. The van der Waals surface area contributed by atoms with E-state index in [1.807, 2.05) is 0 Å². The number of rotatable bonds is 14. The Labute approximate surface area is 160 Å². The van der Waals surface area contributed by atoms with Gasteiger partial charge in [-0.3, -0.25) is 0 Å². The van der Waals surface area contributed by atoms with Gasteiger partial charge in [0.1, 0.15) is 18.2 Å². The average Bonchev–Trinajstić information content (AvgIpc) is 2.63. The summed E-state index contributed by atoms with van der Waals surface area (Å²) in [6.45, 7) is 2.49. The molecule has 1 aromatic rings. The van der Waals surface area contributed by atoms with Crippen LogP contribution in [-0.4, -0.2) is 46.1 Å². The Bertz CT molecular complexity index is 504. The molecular formula is C18H29ClFNO5. The fraction of sp³-hybridized carbons (Fsp3) is 0.611. The fourth-order valence-electron chi connectivity index (χ4n) is 2.05. The van der Waals surface area contributed by atoms with Gasteiger partial charge in [-0.2, -0.15) is 0 Å². The Morgan fingerprint density at radius 2 is 1.73 bits per heavy atom. The molecule has 0 aliphatic rings. The molecule has 6 nitrogen and oxygen atoms in total. The van der Waals surface area contributed by atoms with E-state index < -0.39 is 0 Å². The lowest BCUT2D eigenvalue weighted by Gasteiger charge is -2.08. The first-order chi connectivity index (χ1) is 12.2. The molecule has 26 heavy (non-hydrogen) atoms. The molecule has 0 aromatic heterocycles. The van der Waals surface area contributed by atoms with Crippen molar-refractivity contribution >= 4 is 18.4 Å². The molecule has 0 aliphatic carbocycles. The van der Waals surface area contributed by atoms with Crippen molar-refractivity contribution in [1.82, 2.24) is 0 Å². The van der Waals surface area contributed by atoms with Gasteiger partial charge in [-0.05, 0) is 43.9 Å². The molecule has 0 aliphatic heterocycles. The quantitative estimate of drug-likeness (QED) is 0.386. The first kappa shape index (κ1) is 24.6. The summed E-state index contributed by atoms with van der Waals surface area (Å²) >= 11 is 0. The molecule has 0 spiro atoms. The van der Waals surface area contributed by atoms with Crippen LogP contribution in [0.1, 0.15) is 31.2 Å². The summed E-state index contributed by atoms with van der Waals surface area (Å²) in [5.74, 6) is -0.0317. The fourth-order valence-corrected chi connectivity index (χ4v) is 2.05. The van der Waals surface area contributed by atoms with Gasteiger partial charge in [0.15, 0.2) is 0 Å². The maximum absolute atomic E-state index is 13.3. The number of benzene rings is 1. The highest BCUT2D eigenvalue weighted by Crippen LogP contribution is 2.16. The van der Waals surface area contributed by atoms with Crippen molar-refractivity contribution in [3.05, 3.63) is 29.6 Å². The normalized spacial score (nSPS) is 10.3. The number of hydrogen-bond acceptors (Lipinski definition) is 6. The average molecular weight is 394 g/mol. The minimum absolute atomic E-state index is 0. The van der Waals surface area contributed by atoms with Crippen LogP contribution in [0.15, 0.2) is 18.2 Å². The minimum Gasteiger partial charge on any atom is -0.494 e. The van der Waals surface area contributed by atoms with E-state index >= 15 is 0 Å². The van der Waals surface area contributed by atoms with Gasteiger partial charge in [0.2, 0.25) is 0 Å². The van der Waals surface area contributed by atoms with Crippen LogP contribution >= 0.6 is 12.4 Å². The van der Waals surface area contributed by atoms with Crippen molar-refractivity contribution in [2.24, 2.45) is 5.73 Å². The van der Waals surface area contributed by atoms with Crippen molar-refractivity contribution < 1.29 is 28.1 Å². The van der Waals surface area contributed by atoms with Crippen LogP contribution in [0.5, 0.6) is 5.75 Å². The molecular weight excluding hydrogens is 365 g/mol. The number of carbonyl (C=O) groups is 1. The zero-order valence-corrected chi connectivity index (χ0v) is 16.0. The van der Waals surface area contributed by atoms with Gasteiger partial charge in [-0.25, -0.2) is 9.18 Å². The van der Waals surface area contributed by atoms with Crippen molar-refractivity contribution in [3.8, 4) is 5.75 Å². The van der Waals surface area contributed by atoms with Crippen LogP contribution in [0.4, 0.5) is 4.39 Å². The van der Waals surface area contributed by atoms with Crippen LogP contribution in [0.3, 0.4) is 0 Å². The Morgan fingerprint density at radius 1 is 1.04 bits per heavy atom. The van der Waals surface area contributed by atoms with E-state index in [0.29, 0.717) is 37.7 Å². The van der Waals surface area contributed by atoms with E-state index in [4.69, 9.17) is 19.9 Å². The summed E-state index contributed by atoms with van der Waals surface area (Å²) in [5, 5.41) is 0. The van der Waals surface area contributed by atoms with E-state index in [-0.39, 0.29) is 37.3 Å². The topological polar surface area (TPSA) is 80.0 Å². The van der Waals surface area contributed by atoms with E-state index in [1.54, 1.807) is 12.1 Å². The molecule has 0 heterocycles. The Morgan fingerprint density at radius 3 is 2.46 bits per heavy atom. The second kappa shape index (κ2) is 15.8. The Kier molecular flexibility index (Phi) is 15.0.